The maximum atomic E-state index is 13.1. The van der Waals surface area contributed by atoms with Gasteiger partial charge in [-0.1, -0.05) is 26.0 Å². The van der Waals surface area contributed by atoms with Gasteiger partial charge >= 0.3 is 5.97 Å². The molecule has 1 aliphatic rings. The summed E-state index contributed by atoms with van der Waals surface area (Å²) < 4.78 is 41.4. The van der Waals surface area contributed by atoms with Crippen LogP contribution in [0, 0.1) is 23.1 Å². The Morgan fingerprint density at radius 1 is 1.02 bits per heavy atom. The third kappa shape index (κ3) is 6.83. The molecule has 3 aromatic rings. The highest BCUT2D eigenvalue weighted by atomic mass is 19.1. The summed E-state index contributed by atoms with van der Waals surface area (Å²) in [5.41, 5.74) is 7.84. The minimum absolute atomic E-state index is 0.0432. The van der Waals surface area contributed by atoms with E-state index in [0.29, 0.717) is 47.7 Å². The Morgan fingerprint density at radius 3 is 2.48 bits per heavy atom. The van der Waals surface area contributed by atoms with Gasteiger partial charge in [0.1, 0.15) is 34.7 Å². The topological polar surface area (TPSA) is 113 Å². The predicted molar refractivity (Wildman–Crippen MR) is 146 cm³/mol. The van der Waals surface area contributed by atoms with Gasteiger partial charge in [-0.15, -0.1) is 0 Å². The summed E-state index contributed by atoms with van der Waals surface area (Å²) in [5.74, 6) is 0.943. The van der Waals surface area contributed by atoms with E-state index < -0.39 is 17.7 Å². The smallest absolute Gasteiger partial charge is 0.349 e. The Balaban J connectivity index is 1.56. The Morgan fingerprint density at radius 2 is 1.77 bits per heavy atom. The second-order valence-corrected chi connectivity index (χ2v) is 9.51. The molecule has 1 unspecified atom stereocenters. The summed E-state index contributed by atoms with van der Waals surface area (Å²) in [7, 11) is 0. The van der Waals surface area contributed by atoms with Crippen LogP contribution in [-0.4, -0.2) is 25.8 Å². The number of ether oxygens (including phenoxy) is 5. The highest BCUT2D eigenvalue weighted by molar-refractivity contribution is 5.74. The molecular formula is C31H31FN2O6. The Hall–Kier alpha value is -4.71. The molecule has 8 nitrogen and oxygen atoms in total. The van der Waals surface area contributed by atoms with Crippen molar-refractivity contribution in [3.8, 4) is 34.8 Å². The van der Waals surface area contributed by atoms with Gasteiger partial charge in [0.05, 0.1) is 19.1 Å². The summed E-state index contributed by atoms with van der Waals surface area (Å²) in [6, 6.07) is 17.9. The van der Waals surface area contributed by atoms with Crippen molar-refractivity contribution < 1.29 is 32.9 Å². The van der Waals surface area contributed by atoms with Crippen LogP contribution >= 0.6 is 0 Å². The number of nitrogens with zero attached hydrogens (tertiary/aromatic N) is 1. The maximum Gasteiger partial charge on any atom is 0.349 e. The van der Waals surface area contributed by atoms with Crippen molar-refractivity contribution in [2.75, 3.05) is 19.8 Å². The highest BCUT2D eigenvalue weighted by Crippen LogP contribution is 2.45. The van der Waals surface area contributed by atoms with Crippen LogP contribution in [0.5, 0.6) is 28.7 Å². The van der Waals surface area contributed by atoms with Crippen LogP contribution in [0.15, 0.2) is 72.1 Å². The van der Waals surface area contributed by atoms with E-state index in [1.807, 2.05) is 25.1 Å². The minimum atomic E-state index is -0.660. The molecule has 40 heavy (non-hydrogen) atoms. The van der Waals surface area contributed by atoms with Crippen LogP contribution in [0.4, 0.5) is 4.39 Å². The van der Waals surface area contributed by atoms with Gasteiger partial charge in [0.15, 0.2) is 18.1 Å². The summed E-state index contributed by atoms with van der Waals surface area (Å²) in [4.78, 5) is 12.3. The van der Waals surface area contributed by atoms with E-state index in [-0.39, 0.29) is 23.8 Å². The predicted octanol–water partition coefficient (Wildman–Crippen LogP) is 5.85. The molecule has 4 rings (SSSR count). The number of fused-ring (bicyclic) bond motifs is 1. The van der Waals surface area contributed by atoms with E-state index in [0.717, 1.165) is 12.0 Å². The van der Waals surface area contributed by atoms with Crippen molar-refractivity contribution in [2.24, 2.45) is 11.7 Å². The van der Waals surface area contributed by atoms with Gasteiger partial charge in [0, 0.05) is 11.6 Å². The van der Waals surface area contributed by atoms with Crippen molar-refractivity contribution in [1.29, 1.82) is 5.26 Å². The van der Waals surface area contributed by atoms with Crippen molar-refractivity contribution >= 4 is 5.97 Å². The molecule has 9 heteroatoms. The van der Waals surface area contributed by atoms with Crippen LogP contribution in [0.1, 0.15) is 44.2 Å². The lowest BCUT2D eigenvalue weighted by Gasteiger charge is -2.27. The number of carbonyl (C=O) groups excluding carboxylic acids is 1. The zero-order chi connectivity index (χ0) is 28.6. The van der Waals surface area contributed by atoms with Gasteiger partial charge in [-0.05, 0) is 67.3 Å². The maximum absolute atomic E-state index is 13.1. The number of halogens is 1. The molecule has 0 aromatic heterocycles. The molecule has 0 spiro atoms. The van der Waals surface area contributed by atoms with Crippen molar-refractivity contribution in [3.63, 3.8) is 0 Å². The number of nitrogens with two attached hydrogens (primary N) is 1. The number of esters is 1. The number of allylic oxidation sites excluding steroid dienone is 1. The van der Waals surface area contributed by atoms with Crippen LogP contribution in [-0.2, 0) is 4.79 Å². The fourth-order valence-electron chi connectivity index (χ4n) is 4.17. The average Bonchev–Trinajstić information content (AvgIpc) is 2.92. The first-order chi connectivity index (χ1) is 19.3. The van der Waals surface area contributed by atoms with Crippen LogP contribution in [0.25, 0.3) is 0 Å². The third-order valence-corrected chi connectivity index (χ3v) is 6.15. The third-order valence-electron chi connectivity index (χ3n) is 6.15. The Labute approximate surface area is 232 Å². The molecule has 1 atom stereocenters. The van der Waals surface area contributed by atoms with E-state index >= 15 is 0 Å². The lowest BCUT2D eigenvalue weighted by atomic mass is 9.83. The standard InChI is InChI=1S/C31H31FN2O6/c1-4-36-28-15-20(5-12-26(28)37-14-13-19(2)3)30-24-11-10-23(16-27(24)40-31(34)25(30)17-33)39-29(35)18-38-22-8-6-21(32)7-9-22/h5-12,15-16,19,30H,4,13-14,18,34H2,1-3H3. The summed E-state index contributed by atoms with van der Waals surface area (Å²) in [6.45, 7) is 6.78. The largest absolute Gasteiger partial charge is 0.490 e. The summed E-state index contributed by atoms with van der Waals surface area (Å²) >= 11 is 0. The number of carbonyl (C=O) groups is 1. The highest BCUT2D eigenvalue weighted by Gasteiger charge is 2.32. The molecular weight excluding hydrogens is 515 g/mol. The lowest BCUT2D eigenvalue weighted by molar-refractivity contribution is -0.136. The quantitative estimate of drug-likeness (QED) is 0.235. The molecule has 0 saturated carbocycles. The molecule has 3 aromatic carbocycles. The lowest BCUT2D eigenvalue weighted by Crippen LogP contribution is -2.22. The van der Waals surface area contributed by atoms with E-state index in [1.165, 1.54) is 30.3 Å². The number of benzene rings is 3. The molecule has 0 amide bonds. The van der Waals surface area contributed by atoms with Crippen LogP contribution < -0.4 is 29.4 Å². The Bertz CT molecular complexity index is 1430. The molecule has 0 aliphatic carbocycles. The molecule has 2 N–H and O–H groups in total. The molecule has 0 saturated heterocycles. The first-order valence-corrected chi connectivity index (χ1v) is 13.0. The van der Waals surface area contributed by atoms with Crippen molar-refractivity contribution in [1.82, 2.24) is 0 Å². The normalized spacial score (nSPS) is 14.2. The second-order valence-electron chi connectivity index (χ2n) is 9.51. The first kappa shape index (κ1) is 28.3. The van der Waals surface area contributed by atoms with E-state index in [4.69, 9.17) is 29.4 Å². The van der Waals surface area contributed by atoms with Gasteiger partial charge in [0.2, 0.25) is 5.88 Å². The van der Waals surface area contributed by atoms with Gasteiger partial charge in [-0.2, -0.15) is 5.26 Å². The van der Waals surface area contributed by atoms with Gasteiger partial charge in [-0.25, -0.2) is 9.18 Å². The second kappa shape index (κ2) is 12.9. The minimum Gasteiger partial charge on any atom is -0.490 e. The SMILES string of the molecule is CCOc1cc(C2C(C#N)=C(N)Oc3cc(OC(=O)COc4ccc(F)cc4)ccc32)ccc1OCCC(C)C. The molecule has 208 valence electrons. The van der Waals surface area contributed by atoms with Crippen molar-refractivity contribution in [2.45, 2.75) is 33.1 Å². The summed E-state index contributed by atoms with van der Waals surface area (Å²) in [6.07, 6.45) is 0.907. The molecule has 1 heterocycles. The van der Waals surface area contributed by atoms with Crippen molar-refractivity contribution in [3.05, 3.63) is 89.1 Å². The fourth-order valence-corrected chi connectivity index (χ4v) is 4.17. The zero-order valence-electron chi connectivity index (χ0n) is 22.6. The number of hydrogen-bond acceptors (Lipinski definition) is 8. The van der Waals surface area contributed by atoms with E-state index in [1.54, 1.807) is 12.1 Å². The van der Waals surface area contributed by atoms with Gasteiger partial charge < -0.3 is 29.4 Å². The molecule has 0 radical (unpaired) electrons. The monoisotopic (exact) mass is 546 g/mol. The first-order valence-electron chi connectivity index (χ1n) is 13.0. The molecule has 0 bridgehead atoms. The zero-order valence-corrected chi connectivity index (χ0v) is 22.6. The van der Waals surface area contributed by atoms with Crippen LogP contribution in [0.2, 0.25) is 0 Å². The number of hydrogen-bond donors (Lipinski definition) is 1. The number of rotatable bonds is 11. The molecule has 0 fully saturated rings. The fraction of sp³-hybridized carbons (Fsp3) is 0.290. The van der Waals surface area contributed by atoms with Gasteiger partial charge in [-0.3, -0.25) is 0 Å². The average molecular weight is 547 g/mol. The molecule has 1 aliphatic heterocycles. The van der Waals surface area contributed by atoms with Crippen LogP contribution in [0.3, 0.4) is 0 Å². The summed E-state index contributed by atoms with van der Waals surface area (Å²) in [5, 5.41) is 9.93. The number of nitriles is 1. The van der Waals surface area contributed by atoms with E-state index in [9.17, 15) is 14.4 Å². The Kier molecular flexibility index (Phi) is 9.12. The van der Waals surface area contributed by atoms with Gasteiger partial charge in [0.25, 0.3) is 0 Å². The van der Waals surface area contributed by atoms with E-state index in [2.05, 4.69) is 19.9 Å².